The molecule has 5 aromatic rings. The summed E-state index contributed by atoms with van der Waals surface area (Å²) in [4.78, 5) is 69.8. The number of imide groups is 2. The van der Waals surface area contributed by atoms with Gasteiger partial charge < -0.3 is 28.3 Å². The Morgan fingerprint density at radius 3 is 2.41 bits per heavy atom. The minimum atomic E-state index is -1.03. The van der Waals surface area contributed by atoms with Crippen LogP contribution in [0.5, 0.6) is 17.2 Å². The third-order valence-corrected chi connectivity index (χ3v) is 10.6. The van der Waals surface area contributed by atoms with Crippen LogP contribution in [0.15, 0.2) is 66.0 Å². The molecular formula is C41H42N8O10. The lowest BCUT2D eigenvalue weighted by molar-refractivity contribution is -0.136. The lowest BCUT2D eigenvalue weighted by Crippen LogP contribution is -2.54. The molecule has 0 spiro atoms. The van der Waals surface area contributed by atoms with Gasteiger partial charge in [-0.25, -0.2) is 4.68 Å². The van der Waals surface area contributed by atoms with Gasteiger partial charge in [0, 0.05) is 57.3 Å². The Kier molecular flexibility index (Phi) is 11.2. The number of carbonyl (C=O) groups is 4. The Labute approximate surface area is 337 Å². The first-order valence-corrected chi connectivity index (χ1v) is 19.1. The molecular weight excluding hydrogens is 764 g/mol. The standard InChI is InChI=1S/C41H42N8O10/c1-46-21-32(28-8-9-42-17-31(28)39(46)52)24-14-35(55-2)33(36(15-24)56-3)22-47-19-27(20-47)59-23-25-18-48(45-44-25)10-11-57-12-13-58-26-4-5-29-30(16-26)41(54)49(40(29)53)34-6-7-37(50)43-38(34)51/h4-5,8-9,14-18,21,27,34H,6-7,10-13,19-20,22-23H2,1-3H3,(H,43,50,51). The Hall–Kier alpha value is -6.50. The number of nitrogens with one attached hydrogen (secondary N) is 1. The highest BCUT2D eigenvalue weighted by Crippen LogP contribution is 2.38. The number of methoxy groups -OCH3 is 2. The monoisotopic (exact) mass is 806 g/mol. The number of likely N-dealkylation sites (tertiary alicyclic amines) is 1. The van der Waals surface area contributed by atoms with E-state index >= 15 is 0 Å². The molecule has 4 amide bonds. The van der Waals surface area contributed by atoms with Crippen LogP contribution >= 0.6 is 0 Å². The van der Waals surface area contributed by atoms with Crippen LogP contribution in [-0.4, -0.2) is 117 Å². The number of rotatable bonds is 16. The second kappa shape index (κ2) is 16.8. The number of ether oxygens (including phenoxy) is 5. The highest BCUT2D eigenvalue weighted by Gasteiger charge is 2.44. The van der Waals surface area contributed by atoms with Crippen molar-refractivity contribution in [3.63, 3.8) is 0 Å². The quantitative estimate of drug-likeness (QED) is 0.112. The van der Waals surface area contributed by atoms with Crippen LogP contribution in [0.25, 0.3) is 21.9 Å². The second-order valence-electron chi connectivity index (χ2n) is 14.5. The first-order valence-electron chi connectivity index (χ1n) is 19.1. The summed E-state index contributed by atoms with van der Waals surface area (Å²) >= 11 is 0. The van der Waals surface area contributed by atoms with Gasteiger partial charge in [0.05, 0.1) is 75.0 Å². The van der Waals surface area contributed by atoms with Crippen LogP contribution in [-0.2, 0) is 45.8 Å². The first kappa shape index (κ1) is 39.3. The summed E-state index contributed by atoms with van der Waals surface area (Å²) < 4.78 is 32.5. The Bertz CT molecular complexity index is 2490. The van der Waals surface area contributed by atoms with Crippen LogP contribution in [0.3, 0.4) is 0 Å². The lowest BCUT2D eigenvalue weighted by atomic mass is 9.98. The maximum Gasteiger partial charge on any atom is 0.262 e. The summed E-state index contributed by atoms with van der Waals surface area (Å²) in [5.74, 6) is -0.499. The average molecular weight is 807 g/mol. The molecule has 0 radical (unpaired) electrons. The molecule has 2 aromatic carbocycles. The van der Waals surface area contributed by atoms with E-state index < -0.39 is 29.7 Å². The fraction of sp³-hybridized carbons (Fsp3) is 0.366. The fourth-order valence-electron chi connectivity index (χ4n) is 7.55. The van der Waals surface area contributed by atoms with Crippen LogP contribution < -0.4 is 25.1 Å². The van der Waals surface area contributed by atoms with E-state index in [-0.39, 0.29) is 48.8 Å². The molecule has 6 heterocycles. The van der Waals surface area contributed by atoms with Crippen LogP contribution in [0, 0.1) is 0 Å². The van der Waals surface area contributed by atoms with Crippen molar-refractivity contribution < 1.29 is 42.9 Å². The van der Waals surface area contributed by atoms with Gasteiger partial charge in [-0.15, -0.1) is 5.10 Å². The van der Waals surface area contributed by atoms with E-state index in [0.717, 1.165) is 40.1 Å². The fourth-order valence-corrected chi connectivity index (χ4v) is 7.55. The molecule has 59 heavy (non-hydrogen) atoms. The van der Waals surface area contributed by atoms with Crippen molar-refractivity contribution in [1.29, 1.82) is 0 Å². The third kappa shape index (κ3) is 8.01. The highest BCUT2D eigenvalue weighted by molar-refractivity contribution is 6.23. The molecule has 3 aliphatic heterocycles. The van der Waals surface area contributed by atoms with E-state index in [2.05, 4.69) is 25.5 Å². The molecule has 18 heteroatoms. The maximum atomic E-state index is 13.0. The Morgan fingerprint density at radius 2 is 1.64 bits per heavy atom. The van der Waals surface area contributed by atoms with Gasteiger partial charge in [-0.3, -0.25) is 44.1 Å². The van der Waals surface area contributed by atoms with Crippen molar-refractivity contribution in [3.05, 3.63) is 93.9 Å². The number of fused-ring (bicyclic) bond motifs is 2. The smallest absolute Gasteiger partial charge is 0.262 e. The molecule has 1 atom stereocenters. The summed E-state index contributed by atoms with van der Waals surface area (Å²) in [6.07, 6.45) is 7.07. The van der Waals surface area contributed by atoms with Crippen molar-refractivity contribution >= 4 is 34.4 Å². The van der Waals surface area contributed by atoms with Crippen LogP contribution in [0.2, 0.25) is 0 Å². The molecule has 8 rings (SSSR count). The zero-order valence-corrected chi connectivity index (χ0v) is 32.7. The highest BCUT2D eigenvalue weighted by atomic mass is 16.5. The topological polar surface area (TPSA) is 199 Å². The number of aromatic nitrogens is 5. The minimum absolute atomic E-state index is 0.0267. The molecule has 2 saturated heterocycles. The molecule has 18 nitrogen and oxygen atoms in total. The van der Waals surface area contributed by atoms with E-state index in [1.807, 2.05) is 30.6 Å². The molecule has 0 saturated carbocycles. The largest absolute Gasteiger partial charge is 0.496 e. The van der Waals surface area contributed by atoms with Gasteiger partial charge >= 0.3 is 0 Å². The molecule has 306 valence electrons. The van der Waals surface area contributed by atoms with Gasteiger partial charge in [0.15, 0.2) is 0 Å². The van der Waals surface area contributed by atoms with E-state index in [9.17, 15) is 24.0 Å². The number of hydrogen-bond acceptors (Lipinski definition) is 14. The van der Waals surface area contributed by atoms with Gasteiger partial charge in [-0.05, 0) is 53.8 Å². The molecule has 1 N–H and O–H groups in total. The summed E-state index contributed by atoms with van der Waals surface area (Å²) in [6, 6.07) is 9.32. The average Bonchev–Trinajstić information content (AvgIpc) is 3.78. The van der Waals surface area contributed by atoms with Gasteiger partial charge in [0.25, 0.3) is 17.4 Å². The van der Waals surface area contributed by atoms with Gasteiger partial charge in [0.2, 0.25) is 11.8 Å². The number of carbonyl (C=O) groups excluding carboxylic acids is 4. The van der Waals surface area contributed by atoms with Crippen molar-refractivity contribution in [3.8, 4) is 28.4 Å². The third-order valence-electron chi connectivity index (χ3n) is 10.6. The zero-order chi connectivity index (χ0) is 41.2. The Morgan fingerprint density at radius 1 is 0.864 bits per heavy atom. The molecule has 0 bridgehead atoms. The molecule has 1 unspecified atom stereocenters. The van der Waals surface area contributed by atoms with Gasteiger partial charge in [-0.2, -0.15) is 0 Å². The minimum Gasteiger partial charge on any atom is -0.496 e. The second-order valence-corrected chi connectivity index (χ2v) is 14.5. The lowest BCUT2D eigenvalue weighted by Gasteiger charge is -2.39. The van der Waals surface area contributed by atoms with Crippen molar-refractivity contribution in [2.24, 2.45) is 7.05 Å². The number of amides is 4. The van der Waals surface area contributed by atoms with Crippen molar-refractivity contribution in [2.45, 2.75) is 44.7 Å². The number of pyridine rings is 2. The summed E-state index contributed by atoms with van der Waals surface area (Å²) in [7, 11) is 4.99. The molecule has 3 aromatic heterocycles. The maximum absolute atomic E-state index is 13.0. The van der Waals surface area contributed by atoms with Crippen molar-refractivity contribution in [1.82, 2.24) is 39.7 Å². The van der Waals surface area contributed by atoms with E-state index in [0.29, 0.717) is 54.6 Å². The number of aryl methyl sites for hydroxylation is 1. The SMILES string of the molecule is COc1cc(-c2cn(C)c(=O)c3cnccc23)cc(OC)c1CN1CC(OCc2cn(CCOCCOc3ccc4c(c3)C(=O)N(C3CCC(=O)NC3=O)C4=O)nn2)C1. The number of hydrogen-bond donors (Lipinski definition) is 1. The Balaban J connectivity index is 0.761. The van der Waals surface area contributed by atoms with Gasteiger partial charge in [-0.1, -0.05) is 5.21 Å². The summed E-state index contributed by atoms with van der Waals surface area (Å²) in [5, 5.41) is 11.9. The van der Waals surface area contributed by atoms with Crippen molar-refractivity contribution in [2.75, 3.05) is 47.1 Å². The molecule has 3 aliphatic rings. The number of nitrogens with zero attached hydrogens (tertiary/aromatic N) is 7. The van der Waals surface area contributed by atoms with Crippen LogP contribution in [0.4, 0.5) is 0 Å². The normalized spacial score (nSPS) is 17.0. The number of piperidine rings is 1. The predicted octanol–water partition coefficient (Wildman–Crippen LogP) is 2.11. The molecule has 0 aliphatic carbocycles. The van der Waals surface area contributed by atoms with E-state index in [1.165, 1.54) is 12.1 Å². The predicted molar refractivity (Wildman–Crippen MR) is 209 cm³/mol. The molecule has 2 fully saturated rings. The van der Waals surface area contributed by atoms with Crippen LogP contribution in [0.1, 0.15) is 44.8 Å². The zero-order valence-electron chi connectivity index (χ0n) is 32.7. The first-order chi connectivity index (χ1) is 28.6. The summed E-state index contributed by atoms with van der Waals surface area (Å²) in [5.41, 5.74) is 3.58. The van der Waals surface area contributed by atoms with E-state index in [1.54, 1.807) is 49.0 Å². The van der Waals surface area contributed by atoms with Gasteiger partial charge in [0.1, 0.15) is 35.6 Å². The van der Waals surface area contributed by atoms with E-state index in [4.69, 9.17) is 23.7 Å². The summed E-state index contributed by atoms with van der Waals surface area (Å²) in [6.45, 7) is 3.65. The number of benzene rings is 2.